The molecule has 2 aromatic rings. The zero-order valence-electron chi connectivity index (χ0n) is 24.3. The van der Waals surface area contributed by atoms with Crippen molar-refractivity contribution in [2.24, 2.45) is 16.9 Å². The number of benzene rings is 2. The summed E-state index contributed by atoms with van der Waals surface area (Å²) in [5.41, 5.74) is 0. The lowest BCUT2D eigenvalue weighted by atomic mass is 9.97. The second-order valence-corrected chi connectivity index (χ2v) is 12.5. The minimum Gasteiger partial charge on any atom is -0.466 e. The highest BCUT2D eigenvalue weighted by molar-refractivity contribution is 7.89. The molecule has 1 heterocycles. The van der Waals surface area contributed by atoms with Crippen LogP contribution in [-0.4, -0.2) is 87.2 Å². The van der Waals surface area contributed by atoms with E-state index in [1.165, 1.54) is 11.0 Å². The Morgan fingerprint density at radius 3 is 2.47 bits per heavy atom. The largest absolute Gasteiger partial charge is 0.466 e. The highest BCUT2D eigenvalue weighted by Gasteiger charge is 2.38. The minimum atomic E-state index is -4.16. The Bertz CT molecular complexity index is 1390. The van der Waals surface area contributed by atoms with Gasteiger partial charge < -0.3 is 25.7 Å². The van der Waals surface area contributed by atoms with Crippen LogP contribution in [-0.2, 0) is 29.1 Å². The van der Waals surface area contributed by atoms with E-state index < -0.39 is 33.8 Å². The molecule has 236 valence electrons. The molecule has 43 heavy (non-hydrogen) atoms. The lowest BCUT2D eigenvalue weighted by Crippen LogP contribution is -2.51. The number of likely N-dealkylation sites (tertiary alicyclic amines) is 1. The first-order valence-electron chi connectivity index (χ1n) is 14.4. The van der Waals surface area contributed by atoms with E-state index in [9.17, 15) is 22.8 Å². The van der Waals surface area contributed by atoms with Crippen LogP contribution in [0.4, 0.5) is 0 Å². The van der Waals surface area contributed by atoms with Gasteiger partial charge in [0.15, 0.2) is 0 Å². The van der Waals surface area contributed by atoms with Crippen molar-refractivity contribution in [1.29, 1.82) is 0 Å². The van der Waals surface area contributed by atoms with Crippen molar-refractivity contribution in [1.82, 2.24) is 19.8 Å². The Hall–Kier alpha value is -3.42. The molecule has 2 aliphatic rings. The lowest BCUT2D eigenvalue weighted by molar-refractivity contribution is -0.144. The van der Waals surface area contributed by atoms with Gasteiger partial charge in [-0.1, -0.05) is 30.3 Å². The molecular weight excluding hydrogens is 596 g/mol. The molecular formula is C29H41ClN6O6S. The molecule has 0 aromatic heterocycles. The van der Waals surface area contributed by atoms with Crippen LogP contribution < -0.4 is 15.9 Å². The number of nitrogens with two attached hydrogens (primary N) is 1. The van der Waals surface area contributed by atoms with Crippen molar-refractivity contribution >= 4 is 57.3 Å². The number of amides is 2. The number of sulfonamides is 1. The number of fused-ring (bicyclic) bond motifs is 1. The monoisotopic (exact) mass is 636 g/mol. The van der Waals surface area contributed by atoms with Crippen LogP contribution in [0.3, 0.4) is 0 Å². The number of piperidine rings is 1. The van der Waals surface area contributed by atoms with Gasteiger partial charge in [-0.3, -0.25) is 14.4 Å². The SMILES string of the molecule is CCOC(=O)CCN(C(=O)[C@H](CC(=O)NCC1CCN(C=NN)CC1)NS(=O)(=O)c1ccc2ccccc2c1)C1CC1.Cl. The van der Waals surface area contributed by atoms with Crippen LogP contribution in [0.5, 0.6) is 0 Å². The third-order valence-corrected chi connectivity index (χ3v) is 9.09. The Kier molecular flexibility index (Phi) is 12.6. The van der Waals surface area contributed by atoms with Gasteiger partial charge in [-0.25, -0.2) is 8.42 Å². The molecule has 0 radical (unpaired) electrons. The van der Waals surface area contributed by atoms with Crippen molar-refractivity contribution in [3.63, 3.8) is 0 Å². The number of ether oxygens (including phenoxy) is 1. The maximum absolute atomic E-state index is 13.8. The van der Waals surface area contributed by atoms with Crippen LogP contribution >= 0.6 is 12.4 Å². The standard InChI is InChI=1S/C29H40N6O6S.ClH/c1-2-41-28(37)13-16-35(24-8-9-24)29(38)26(18-27(36)31-19-21-11-14-34(15-12-21)20-32-30)33-42(39,40)25-10-7-22-5-3-4-6-23(22)17-25;/h3-7,10,17,20-21,24,26,33H,2,8-9,11-16,18-19,30H2,1H3,(H,31,36);1H/t26-;/m0./s1. The number of esters is 1. The summed E-state index contributed by atoms with van der Waals surface area (Å²) in [4.78, 5) is 42.4. The smallest absolute Gasteiger partial charge is 0.307 e. The van der Waals surface area contributed by atoms with Crippen LogP contribution in [0.2, 0.25) is 0 Å². The van der Waals surface area contributed by atoms with E-state index in [0.717, 1.165) is 49.5 Å². The molecule has 1 aliphatic heterocycles. The molecule has 0 bridgehead atoms. The lowest BCUT2D eigenvalue weighted by Gasteiger charge is -2.30. The molecule has 1 atom stereocenters. The van der Waals surface area contributed by atoms with Crippen LogP contribution in [0.15, 0.2) is 52.5 Å². The van der Waals surface area contributed by atoms with Gasteiger partial charge >= 0.3 is 5.97 Å². The van der Waals surface area contributed by atoms with Crippen molar-refractivity contribution < 1.29 is 27.5 Å². The van der Waals surface area contributed by atoms with Gasteiger partial charge in [-0.15, -0.1) is 12.4 Å². The maximum Gasteiger partial charge on any atom is 0.307 e. The van der Waals surface area contributed by atoms with Crippen molar-refractivity contribution in [2.75, 3.05) is 32.8 Å². The Labute approximate surface area is 258 Å². The molecule has 12 nitrogen and oxygen atoms in total. The number of nitrogens with zero attached hydrogens (tertiary/aromatic N) is 3. The number of carbonyl (C=O) groups excluding carboxylic acids is 3. The summed E-state index contributed by atoms with van der Waals surface area (Å²) in [5.74, 6) is 4.07. The minimum absolute atomic E-state index is 0. The number of carbonyl (C=O) groups is 3. The van der Waals surface area contributed by atoms with E-state index in [2.05, 4.69) is 15.1 Å². The number of rotatable bonds is 14. The highest BCUT2D eigenvalue weighted by Crippen LogP contribution is 2.28. The summed E-state index contributed by atoms with van der Waals surface area (Å²) in [5, 5.41) is 8.05. The molecule has 2 amide bonds. The van der Waals surface area contributed by atoms with Gasteiger partial charge in [0.1, 0.15) is 12.4 Å². The van der Waals surface area contributed by atoms with E-state index in [1.807, 2.05) is 29.2 Å². The van der Waals surface area contributed by atoms with Gasteiger partial charge in [-0.05, 0) is 61.4 Å². The van der Waals surface area contributed by atoms with Crippen molar-refractivity contribution in [3.05, 3.63) is 42.5 Å². The topological polar surface area (TPSA) is 163 Å². The van der Waals surface area contributed by atoms with Gasteiger partial charge in [-0.2, -0.15) is 9.82 Å². The summed E-state index contributed by atoms with van der Waals surface area (Å²) in [7, 11) is -4.16. The van der Waals surface area contributed by atoms with Gasteiger partial charge in [0.25, 0.3) is 0 Å². The number of halogens is 1. The van der Waals surface area contributed by atoms with E-state index in [-0.39, 0.29) is 55.3 Å². The summed E-state index contributed by atoms with van der Waals surface area (Å²) in [6, 6.07) is 10.6. The van der Waals surface area contributed by atoms with Crippen LogP contribution in [0.25, 0.3) is 10.8 Å². The average Bonchev–Trinajstić information content (AvgIpc) is 3.82. The molecule has 4 N–H and O–H groups in total. The second-order valence-electron chi connectivity index (χ2n) is 10.8. The zero-order chi connectivity index (χ0) is 30.1. The fourth-order valence-corrected chi connectivity index (χ4v) is 6.38. The molecule has 14 heteroatoms. The summed E-state index contributed by atoms with van der Waals surface area (Å²) in [6.45, 7) is 3.97. The Morgan fingerprint density at radius 1 is 1.12 bits per heavy atom. The Balaban J connectivity index is 0.00000506. The summed E-state index contributed by atoms with van der Waals surface area (Å²) < 4.78 is 34.5. The fourth-order valence-electron chi connectivity index (χ4n) is 5.16. The molecule has 1 aliphatic carbocycles. The molecule has 4 rings (SSSR count). The summed E-state index contributed by atoms with van der Waals surface area (Å²) in [6.07, 6.45) is 4.39. The summed E-state index contributed by atoms with van der Waals surface area (Å²) >= 11 is 0. The molecule has 0 unspecified atom stereocenters. The zero-order valence-corrected chi connectivity index (χ0v) is 25.9. The molecule has 1 saturated carbocycles. The quantitative estimate of drug-likeness (QED) is 0.0932. The van der Waals surface area contributed by atoms with E-state index in [4.69, 9.17) is 10.6 Å². The maximum atomic E-state index is 13.8. The van der Waals surface area contributed by atoms with Gasteiger partial charge in [0, 0.05) is 32.2 Å². The second kappa shape index (κ2) is 15.9. The predicted octanol–water partition coefficient (Wildman–Crippen LogP) is 1.97. The fraction of sp³-hybridized carbons (Fsp3) is 0.517. The Morgan fingerprint density at radius 2 is 1.81 bits per heavy atom. The molecule has 2 aromatic carbocycles. The number of nitrogens with one attached hydrogen (secondary N) is 2. The van der Waals surface area contributed by atoms with Gasteiger partial charge in [0.2, 0.25) is 21.8 Å². The van der Waals surface area contributed by atoms with E-state index in [0.29, 0.717) is 6.54 Å². The first kappa shape index (κ1) is 34.1. The average molecular weight is 637 g/mol. The predicted molar refractivity (Wildman–Crippen MR) is 166 cm³/mol. The first-order valence-corrected chi connectivity index (χ1v) is 15.9. The molecule has 1 saturated heterocycles. The highest BCUT2D eigenvalue weighted by atomic mass is 35.5. The van der Waals surface area contributed by atoms with Crippen molar-refractivity contribution in [3.8, 4) is 0 Å². The third kappa shape index (κ3) is 9.80. The van der Waals surface area contributed by atoms with E-state index in [1.54, 1.807) is 25.4 Å². The molecule has 0 spiro atoms. The normalized spacial score (nSPS) is 16.4. The van der Waals surface area contributed by atoms with Crippen LogP contribution in [0, 0.1) is 5.92 Å². The first-order chi connectivity index (χ1) is 20.2. The van der Waals surface area contributed by atoms with E-state index >= 15 is 0 Å². The van der Waals surface area contributed by atoms with Crippen molar-refractivity contribution in [2.45, 2.75) is 62.4 Å². The number of hydrazone groups is 1. The van der Waals surface area contributed by atoms with Gasteiger partial charge in [0.05, 0.1) is 24.3 Å². The van der Waals surface area contributed by atoms with Crippen LogP contribution in [0.1, 0.15) is 45.4 Å². The third-order valence-electron chi connectivity index (χ3n) is 7.62. The number of hydrogen-bond donors (Lipinski definition) is 3. The molecule has 2 fully saturated rings. The number of hydrogen-bond acceptors (Lipinski definition) is 8.